The molecule has 3 heterocycles. The monoisotopic (exact) mass is 322 g/mol. The topological polar surface area (TPSA) is 77.7 Å². The molecule has 7 heteroatoms. The predicted molar refractivity (Wildman–Crippen MR) is 82.1 cm³/mol. The highest BCUT2D eigenvalue weighted by molar-refractivity contribution is 7.91. The van der Waals surface area contributed by atoms with Gasteiger partial charge in [-0.1, -0.05) is 6.92 Å². The van der Waals surface area contributed by atoms with E-state index < -0.39 is 9.84 Å². The van der Waals surface area contributed by atoms with Gasteiger partial charge >= 0.3 is 0 Å². The van der Waals surface area contributed by atoms with E-state index in [0.717, 1.165) is 5.52 Å². The molecule has 0 unspecified atom stereocenters. The number of carbonyl (C=O) groups excluding carboxylic acids is 1. The summed E-state index contributed by atoms with van der Waals surface area (Å²) >= 11 is 0. The third kappa shape index (κ3) is 2.99. The van der Waals surface area contributed by atoms with Crippen molar-refractivity contribution in [1.29, 1.82) is 0 Å². The first kappa shape index (κ1) is 15.0. The van der Waals surface area contributed by atoms with E-state index in [1.54, 1.807) is 23.0 Å². The second kappa shape index (κ2) is 5.72. The molecule has 1 aliphatic rings. The SMILES string of the molecule is CCC(=O)c1cnn2cc(OC3CCS(=O)(=O)CC3)ccc12. The Morgan fingerprint density at radius 1 is 1.36 bits per heavy atom. The predicted octanol–water partition coefficient (Wildman–Crippen LogP) is 1.88. The molecule has 118 valence electrons. The fraction of sp³-hybridized carbons (Fsp3) is 0.467. The van der Waals surface area contributed by atoms with Crippen molar-refractivity contribution in [2.75, 3.05) is 11.5 Å². The van der Waals surface area contributed by atoms with Crippen LogP contribution in [0.25, 0.3) is 5.52 Å². The lowest BCUT2D eigenvalue weighted by molar-refractivity contribution is 0.0989. The van der Waals surface area contributed by atoms with Crippen molar-refractivity contribution in [1.82, 2.24) is 9.61 Å². The Kier molecular flexibility index (Phi) is 3.90. The average Bonchev–Trinajstić information content (AvgIpc) is 2.92. The average molecular weight is 322 g/mol. The van der Waals surface area contributed by atoms with E-state index in [1.807, 2.05) is 13.0 Å². The second-order valence-electron chi connectivity index (χ2n) is 5.50. The first-order chi connectivity index (χ1) is 10.5. The van der Waals surface area contributed by atoms with Crippen LogP contribution < -0.4 is 4.74 Å². The van der Waals surface area contributed by atoms with Crippen molar-refractivity contribution in [3.05, 3.63) is 30.1 Å². The number of ketones is 1. The van der Waals surface area contributed by atoms with E-state index in [2.05, 4.69) is 5.10 Å². The van der Waals surface area contributed by atoms with Gasteiger partial charge in [-0.15, -0.1) is 0 Å². The minimum Gasteiger partial charge on any atom is -0.489 e. The van der Waals surface area contributed by atoms with Gasteiger partial charge in [0.15, 0.2) is 15.6 Å². The van der Waals surface area contributed by atoms with Crippen LogP contribution in [0.5, 0.6) is 5.75 Å². The van der Waals surface area contributed by atoms with Gasteiger partial charge in [-0.05, 0) is 25.0 Å². The Morgan fingerprint density at radius 2 is 2.09 bits per heavy atom. The molecule has 6 nitrogen and oxygen atoms in total. The minimum atomic E-state index is -2.89. The van der Waals surface area contributed by atoms with Gasteiger partial charge in [0, 0.05) is 6.42 Å². The van der Waals surface area contributed by atoms with E-state index in [1.165, 1.54) is 0 Å². The highest BCUT2D eigenvalue weighted by Crippen LogP contribution is 2.22. The van der Waals surface area contributed by atoms with Crippen molar-refractivity contribution >= 4 is 21.1 Å². The fourth-order valence-corrected chi connectivity index (χ4v) is 4.07. The van der Waals surface area contributed by atoms with Crippen molar-refractivity contribution in [3.8, 4) is 5.75 Å². The van der Waals surface area contributed by atoms with Crippen LogP contribution in [0.3, 0.4) is 0 Å². The van der Waals surface area contributed by atoms with Crippen LogP contribution in [0.2, 0.25) is 0 Å². The molecule has 0 atom stereocenters. The normalized spacial score (nSPS) is 18.4. The van der Waals surface area contributed by atoms with Crippen molar-refractivity contribution in [2.45, 2.75) is 32.3 Å². The number of hydrogen-bond donors (Lipinski definition) is 0. The number of sulfone groups is 1. The van der Waals surface area contributed by atoms with Crippen molar-refractivity contribution in [3.63, 3.8) is 0 Å². The molecule has 0 aliphatic carbocycles. The minimum absolute atomic E-state index is 0.0566. The summed E-state index contributed by atoms with van der Waals surface area (Å²) in [5.74, 6) is 1.05. The number of pyridine rings is 1. The molecule has 0 radical (unpaired) electrons. The summed E-state index contributed by atoms with van der Waals surface area (Å²) in [6.45, 7) is 1.82. The first-order valence-electron chi connectivity index (χ1n) is 7.36. The summed E-state index contributed by atoms with van der Waals surface area (Å²) in [5, 5.41) is 4.18. The summed E-state index contributed by atoms with van der Waals surface area (Å²) in [7, 11) is -2.89. The lowest BCUT2D eigenvalue weighted by atomic mass is 10.1. The van der Waals surface area contributed by atoms with Crippen molar-refractivity contribution in [2.24, 2.45) is 0 Å². The Bertz CT molecular complexity index is 796. The molecular formula is C15H18N2O4S. The quantitative estimate of drug-likeness (QED) is 0.803. The van der Waals surface area contributed by atoms with Gasteiger partial charge in [0.25, 0.3) is 0 Å². The standard InChI is InChI=1S/C15H18N2O4S/c1-2-15(18)13-9-16-17-10-12(3-4-14(13)17)21-11-5-7-22(19,20)8-6-11/h3-4,9-11H,2,5-8H2,1H3. The van der Waals surface area contributed by atoms with Gasteiger partial charge in [-0.25, -0.2) is 12.9 Å². The number of Topliss-reactive ketones (excluding diaryl/α,β-unsaturated/α-hetero) is 1. The van der Waals surface area contributed by atoms with E-state index in [4.69, 9.17) is 4.74 Å². The zero-order valence-electron chi connectivity index (χ0n) is 12.4. The molecule has 0 spiro atoms. The molecular weight excluding hydrogens is 304 g/mol. The fourth-order valence-electron chi connectivity index (χ4n) is 2.62. The third-order valence-electron chi connectivity index (χ3n) is 3.91. The highest BCUT2D eigenvalue weighted by Gasteiger charge is 2.25. The number of ether oxygens (including phenoxy) is 1. The van der Waals surface area contributed by atoms with Gasteiger partial charge in [0.2, 0.25) is 0 Å². The van der Waals surface area contributed by atoms with E-state index in [-0.39, 0.29) is 23.4 Å². The molecule has 0 saturated carbocycles. The van der Waals surface area contributed by atoms with Gasteiger partial charge in [-0.2, -0.15) is 5.10 Å². The van der Waals surface area contributed by atoms with E-state index >= 15 is 0 Å². The van der Waals surface area contributed by atoms with Crippen LogP contribution in [0.4, 0.5) is 0 Å². The summed E-state index contributed by atoms with van der Waals surface area (Å²) in [6, 6.07) is 3.61. The van der Waals surface area contributed by atoms with Crippen LogP contribution in [-0.2, 0) is 9.84 Å². The van der Waals surface area contributed by atoms with Crippen LogP contribution in [0, 0.1) is 0 Å². The van der Waals surface area contributed by atoms with Crippen LogP contribution >= 0.6 is 0 Å². The molecule has 1 saturated heterocycles. The highest BCUT2D eigenvalue weighted by atomic mass is 32.2. The van der Waals surface area contributed by atoms with Gasteiger partial charge in [0.1, 0.15) is 11.9 Å². The van der Waals surface area contributed by atoms with E-state index in [9.17, 15) is 13.2 Å². The van der Waals surface area contributed by atoms with Gasteiger partial charge < -0.3 is 4.74 Å². The molecule has 0 bridgehead atoms. The Labute approximate surface area is 129 Å². The molecule has 3 rings (SSSR count). The van der Waals surface area contributed by atoms with Gasteiger partial charge in [-0.3, -0.25) is 4.79 Å². The maximum absolute atomic E-state index is 11.8. The summed E-state index contributed by atoms with van der Waals surface area (Å²) in [5.41, 5.74) is 1.36. The molecule has 0 N–H and O–H groups in total. The van der Waals surface area contributed by atoms with Crippen LogP contribution in [-0.4, -0.2) is 41.4 Å². The number of carbonyl (C=O) groups is 1. The molecule has 2 aromatic heterocycles. The zero-order valence-corrected chi connectivity index (χ0v) is 13.2. The molecule has 2 aromatic rings. The zero-order chi connectivity index (χ0) is 15.7. The third-order valence-corrected chi connectivity index (χ3v) is 5.63. The molecule has 0 aromatic carbocycles. The maximum Gasteiger partial charge on any atom is 0.166 e. The smallest absolute Gasteiger partial charge is 0.166 e. The first-order valence-corrected chi connectivity index (χ1v) is 9.18. The van der Waals surface area contributed by atoms with Crippen LogP contribution in [0.1, 0.15) is 36.5 Å². The van der Waals surface area contributed by atoms with Crippen molar-refractivity contribution < 1.29 is 17.9 Å². The summed E-state index contributed by atoms with van der Waals surface area (Å²) in [6.07, 6.45) is 4.67. The Morgan fingerprint density at radius 3 is 2.77 bits per heavy atom. The largest absolute Gasteiger partial charge is 0.489 e. The van der Waals surface area contributed by atoms with E-state index in [0.29, 0.717) is 30.6 Å². The number of aromatic nitrogens is 2. The van der Waals surface area contributed by atoms with Gasteiger partial charge in [0.05, 0.1) is 35.0 Å². The lowest BCUT2D eigenvalue weighted by Gasteiger charge is -2.23. The molecule has 1 aliphatic heterocycles. The van der Waals surface area contributed by atoms with Crippen LogP contribution in [0.15, 0.2) is 24.5 Å². The molecule has 0 amide bonds. The number of rotatable bonds is 4. The second-order valence-corrected chi connectivity index (χ2v) is 7.80. The maximum atomic E-state index is 11.8. The Balaban J connectivity index is 1.77. The summed E-state index contributed by atoms with van der Waals surface area (Å²) in [4.78, 5) is 11.8. The number of nitrogens with zero attached hydrogens (tertiary/aromatic N) is 2. The molecule has 1 fully saturated rings. The lowest BCUT2D eigenvalue weighted by Crippen LogP contribution is -2.30. The molecule has 22 heavy (non-hydrogen) atoms. The Hall–Kier alpha value is -1.89. The number of hydrogen-bond acceptors (Lipinski definition) is 5. The summed E-state index contributed by atoms with van der Waals surface area (Å²) < 4.78 is 30.3. The number of fused-ring (bicyclic) bond motifs is 1.